The van der Waals surface area contributed by atoms with Gasteiger partial charge in [0.2, 0.25) is 11.8 Å². The second-order valence-electron chi connectivity index (χ2n) is 4.32. The summed E-state index contributed by atoms with van der Waals surface area (Å²) in [5.74, 6) is 0.398. The third kappa shape index (κ3) is 5.05. The van der Waals surface area contributed by atoms with Crippen LogP contribution < -0.4 is 5.32 Å². The van der Waals surface area contributed by atoms with Crippen molar-refractivity contribution in [3.05, 3.63) is 45.3 Å². The van der Waals surface area contributed by atoms with Crippen molar-refractivity contribution in [1.29, 1.82) is 0 Å². The topological polar surface area (TPSA) is 85.1 Å². The Morgan fingerprint density at radius 2 is 2.17 bits per heavy atom. The smallest absolute Gasteiger partial charge is 0.277 e. The van der Waals surface area contributed by atoms with Gasteiger partial charge in [-0.2, -0.15) is 0 Å². The minimum absolute atomic E-state index is 0. The molecule has 10 heteroatoms. The van der Waals surface area contributed by atoms with Gasteiger partial charge in [0.05, 0.1) is 18.5 Å². The second-order valence-corrected chi connectivity index (χ2v) is 7.20. The molecule has 24 heavy (non-hydrogen) atoms. The number of carbonyl (C=O) groups excluding carboxylic acids is 2. The Kier molecular flexibility index (Phi) is 7.25. The number of thioether (sulfide) groups is 1. The molecule has 0 aromatic carbocycles. The zero-order chi connectivity index (χ0) is 16.1. The summed E-state index contributed by atoms with van der Waals surface area (Å²) in [6, 6.07) is 5.57. The Labute approximate surface area is 161 Å². The van der Waals surface area contributed by atoms with Crippen LogP contribution in [-0.2, 0) is 34.6 Å². The van der Waals surface area contributed by atoms with Gasteiger partial charge in [-0.1, -0.05) is 23.2 Å². The summed E-state index contributed by atoms with van der Waals surface area (Å²) >= 11 is 4.05. The molecule has 1 N–H and O–H groups in total. The van der Waals surface area contributed by atoms with Gasteiger partial charge >= 0.3 is 0 Å². The molecule has 0 spiro atoms. The van der Waals surface area contributed by atoms with Crippen molar-refractivity contribution in [1.82, 2.24) is 10.2 Å². The van der Waals surface area contributed by atoms with Gasteiger partial charge in [0.1, 0.15) is 0 Å². The molecule has 1 radical (unpaired) electrons. The molecular formula is C14H10N3O3S3V-. The fourth-order valence-electron chi connectivity index (χ4n) is 1.71. The van der Waals surface area contributed by atoms with E-state index in [1.54, 1.807) is 29.1 Å². The van der Waals surface area contributed by atoms with Gasteiger partial charge in [-0.25, -0.2) is 11.3 Å². The number of anilines is 1. The van der Waals surface area contributed by atoms with Crippen LogP contribution in [0.1, 0.15) is 16.3 Å². The molecule has 0 saturated heterocycles. The minimum atomic E-state index is -0.244. The molecule has 3 aromatic rings. The minimum Gasteiger partial charge on any atom is -0.416 e. The number of rotatable bonds is 7. The summed E-state index contributed by atoms with van der Waals surface area (Å²) in [4.78, 5) is 23.7. The zero-order valence-corrected chi connectivity index (χ0v) is 15.9. The van der Waals surface area contributed by atoms with E-state index in [9.17, 15) is 9.59 Å². The van der Waals surface area contributed by atoms with Crippen LogP contribution in [0, 0.1) is 0 Å². The van der Waals surface area contributed by atoms with Gasteiger partial charge < -0.3 is 14.5 Å². The molecule has 3 aromatic heterocycles. The van der Waals surface area contributed by atoms with Crippen molar-refractivity contribution in [2.45, 2.75) is 11.6 Å². The number of hydrogen-bond acceptors (Lipinski definition) is 8. The molecule has 0 saturated carbocycles. The maximum Gasteiger partial charge on any atom is 0.277 e. The molecule has 6 nitrogen and oxygen atoms in total. The maximum absolute atomic E-state index is 11.9. The van der Waals surface area contributed by atoms with E-state index in [4.69, 9.17) is 4.42 Å². The van der Waals surface area contributed by atoms with Gasteiger partial charge in [0, 0.05) is 23.4 Å². The van der Waals surface area contributed by atoms with Gasteiger partial charge in [-0.3, -0.25) is 4.79 Å². The molecule has 0 aliphatic carbocycles. The fraction of sp³-hybridized carbons (Fsp3) is 0.143. The summed E-state index contributed by atoms with van der Waals surface area (Å²) in [6.07, 6.45) is 2.37. The van der Waals surface area contributed by atoms with Gasteiger partial charge in [-0.15, -0.1) is 33.2 Å². The molecule has 0 unspecified atom stereocenters. The molecule has 0 atom stereocenters. The first-order chi connectivity index (χ1) is 11.2. The van der Waals surface area contributed by atoms with E-state index in [0.717, 1.165) is 16.6 Å². The number of hydrogen-bond donors (Lipinski definition) is 1. The Hall–Kier alpha value is -1.39. The summed E-state index contributed by atoms with van der Waals surface area (Å²) < 4.78 is 5.50. The van der Waals surface area contributed by atoms with Crippen molar-refractivity contribution in [3.8, 4) is 0 Å². The van der Waals surface area contributed by atoms with E-state index in [1.807, 2.05) is 17.5 Å². The van der Waals surface area contributed by atoms with E-state index < -0.39 is 0 Å². The van der Waals surface area contributed by atoms with Gasteiger partial charge in [-0.05, 0) is 16.4 Å². The Morgan fingerprint density at radius 3 is 2.92 bits per heavy atom. The average molecular weight is 415 g/mol. The van der Waals surface area contributed by atoms with Crippen molar-refractivity contribution in [3.63, 3.8) is 0 Å². The Bertz CT molecular complexity index is 801. The van der Waals surface area contributed by atoms with E-state index in [-0.39, 0.29) is 30.2 Å². The van der Waals surface area contributed by atoms with Crippen LogP contribution in [0.3, 0.4) is 0 Å². The predicted molar refractivity (Wildman–Crippen MR) is 89.9 cm³/mol. The van der Waals surface area contributed by atoms with E-state index in [1.165, 1.54) is 11.3 Å². The Morgan fingerprint density at radius 1 is 1.29 bits per heavy atom. The molecule has 3 rings (SSSR count). The molecule has 1 amide bonds. The molecule has 0 aliphatic rings. The summed E-state index contributed by atoms with van der Waals surface area (Å²) in [6.45, 7) is 0. The number of carbonyl (C=O) groups is 1. The van der Waals surface area contributed by atoms with E-state index in [0.29, 0.717) is 28.1 Å². The van der Waals surface area contributed by atoms with Crippen LogP contribution in [0.5, 0.6) is 0 Å². The van der Waals surface area contributed by atoms with Crippen LogP contribution in [0.2, 0.25) is 0 Å². The van der Waals surface area contributed by atoms with E-state index >= 15 is 0 Å². The van der Waals surface area contributed by atoms with Crippen molar-refractivity contribution in [2.24, 2.45) is 0 Å². The number of nitrogens with one attached hydrogen (secondary N) is 1. The number of thiophene rings is 2. The standard InChI is InChI=1S/C14H10N3O3S3.V/c18-7-9-3-5-22-13(9)15-11(19)8-23-14-17-16-12(20-14)6-10-2-1-4-21-10;/h1-5H,6,8H2,(H,15,19);/q-1;. The molecule has 0 bridgehead atoms. The van der Waals surface area contributed by atoms with Gasteiger partial charge in [0.25, 0.3) is 5.22 Å². The number of aromatic nitrogens is 2. The molecule has 0 fully saturated rings. The molecule has 0 aliphatic heterocycles. The molecule has 123 valence electrons. The van der Waals surface area contributed by atoms with E-state index in [2.05, 4.69) is 15.5 Å². The quantitative estimate of drug-likeness (QED) is 0.472. The van der Waals surface area contributed by atoms with Crippen LogP contribution in [-0.4, -0.2) is 28.1 Å². The number of amides is 1. The van der Waals surface area contributed by atoms with Crippen LogP contribution >= 0.6 is 34.4 Å². The SMILES string of the molecule is O=[C-]c1ccsc1NC(=O)CSc1nnc(Cc2cccs2)o1.[V]. The first kappa shape index (κ1) is 18.9. The zero-order valence-electron chi connectivity index (χ0n) is 12.1. The second kappa shape index (κ2) is 9.19. The van der Waals surface area contributed by atoms with Crippen LogP contribution in [0.4, 0.5) is 5.00 Å². The first-order valence-corrected chi connectivity index (χ1v) is 9.22. The van der Waals surface area contributed by atoms with Crippen LogP contribution in [0.25, 0.3) is 0 Å². The van der Waals surface area contributed by atoms with Crippen molar-refractivity contribution < 1.29 is 32.6 Å². The summed E-state index contributed by atoms with van der Waals surface area (Å²) in [5.41, 5.74) is 0.351. The third-order valence-corrected chi connectivity index (χ3v) is 5.23. The monoisotopic (exact) mass is 415 g/mol. The number of nitrogens with zero attached hydrogens (tertiary/aromatic N) is 2. The van der Waals surface area contributed by atoms with Crippen molar-refractivity contribution >= 4 is 51.6 Å². The maximum atomic E-state index is 11.9. The third-order valence-electron chi connectivity index (χ3n) is 2.71. The van der Waals surface area contributed by atoms with Gasteiger partial charge in [0.15, 0.2) is 0 Å². The largest absolute Gasteiger partial charge is 0.416 e. The predicted octanol–water partition coefficient (Wildman–Crippen LogP) is 2.97. The van der Waals surface area contributed by atoms with Crippen molar-refractivity contribution in [2.75, 3.05) is 11.1 Å². The first-order valence-electron chi connectivity index (χ1n) is 6.47. The average Bonchev–Trinajstić information content (AvgIpc) is 3.27. The summed E-state index contributed by atoms with van der Waals surface area (Å²) in [7, 11) is 0. The summed E-state index contributed by atoms with van der Waals surface area (Å²) in [5, 5.41) is 15.1. The normalized spacial score (nSPS) is 10.2. The molecular weight excluding hydrogens is 405 g/mol. The fourth-order valence-corrected chi connectivity index (χ4v) is 3.73. The molecule has 3 heterocycles. The Balaban J connectivity index is 0.00000208. The van der Waals surface area contributed by atoms with Crippen LogP contribution in [0.15, 0.2) is 38.6 Å².